The molecule has 0 aliphatic carbocycles. The Balaban J connectivity index is 3.55. The van der Waals surface area contributed by atoms with Crippen molar-refractivity contribution in [3.63, 3.8) is 0 Å². The van der Waals surface area contributed by atoms with Crippen LogP contribution in [0.5, 0.6) is 0 Å². The Morgan fingerprint density at radius 3 is 2.57 bits per heavy atom. The van der Waals surface area contributed by atoms with Gasteiger partial charge in [0.1, 0.15) is 4.90 Å². The van der Waals surface area contributed by atoms with Crippen LogP contribution in [0, 0.1) is 0 Å². The molecular weight excluding hydrogens is 294 g/mol. The highest BCUT2D eigenvalue weighted by atomic mass is 79.9. The fourth-order valence-corrected chi connectivity index (χ4v) is 3.20. The van der Waals surface area contributed by atoms with E-state index in [2.05, 4.69) is 20.3 Å². The number of hydrogen-bond donors (Lipinski definition) is 0. The fraction of sp³-hybridized carbons (Fsp3) is 0. The number of sulfonamides is 1. The highest BCUT2D eigenvalue weighted by Crippen LogP contribution is 2.30. The predicted octanol–water partition coefficient (Wildman–Crippen LogP) is 2.13. The van der Waals surface area contributed by atoms with Gasteiger partial charge in [0, 0.05) is 4.47 Å². The normalized spacial score (nSPS) is 10.7. The molecule has 0 saturated carbocycles. The van der Waals surface area contributed by atoms with E-state index in [0.29, 0.717) is 0 Å². The summed E-state index contributed by atoms with van der Waals surface area (Å²) in [5.74, 6) is 0. The second-order valence-corrected chi connectivity index (χ2v) is 5.01. The second kappa shape index (κ2) is 4.23. The largest absolute Gasteiger partial charge is 0.295 e. The van der Waals surface area contributed by atoms with Crippen molar-refractivity contribution in [2.75, 3.05) is 0 Å². The first kappa shape index (κ1) is 11.4. The van der Waals surface area contributed by atoms with Crippen molar-refractivity contribution in [3.8, 4) is 0 Å². The number of benzene rings is 1. The average Bonchev–Trinajstić information content (AvgIpc) is 2.02. The Labute approximate surface area is 93.8 Å². The highest BCUT2D eigenvalue weighted by molar-refractivity contribution is 9.10. The van der Waals surface area contributed by atoms with Crippen LogP contribution in [0.3, 0.4) is 0 Å². The quantitative estimate of drug-likeness (QED) is 0.620. The molecule has 74 valence electrons. The van der Waals surface area contributed by atoms with Gasteiger partial charge in [-0.15, -0.1) is 0 Å². The summed E-state index contributed by atoms with van der Waals surface area (Å²) in [5.41, 5.74) is 0. The molecule has 0 saturated heterocycles. The first-order chi connectivity index (χ1) is 6.49. The van der Waals surface area contributed by atoms with Gasteiger partial charge in [-0.2, -0.15) is 8.42 Å². The van der Waals surface area contributed by atoms with E-state index in [4.69, 9.17) is 11.6 Å². The zero-order chi connectivity index (χ0) is 10.8. The van der Waals surface area contributed by atoms with Crippen molar-refractivity contribution < 1.29 is 13.2 Å². The molecule has 0 N–H and O–H groups in total. The summed E-state index contributed by atoms with van der Waals surface area (Å²) >= 11 is 8.65. The molecule has 0 fully saturated rings. The molecule has 0 aliphatic rings. The third-order valence-corrected chi connectivity index (χ3v) is 3.96. The van der Waals surface area contributed by atoms with E-state index in [1.54, 1.807) is 6.07 Å². The van der Waals surface area contributed by atoms with E-state index in [9.17, 15) is 13.2 Å². The molecule has 0 bridgehead atoms. The van der Waals surface area contributed by atoms with E-state index in [1.807, 2.05) is 0 Å². The van der Waals surface area contributed by atoms with Crippen LogP contribution in [-0.2, 0) is 14.8 Å². The summed E-state index contributed by atoms with van der Waals surface area (Å²) in [6, 6.07) is 4.44. The average molecular weight is 297 g/mol. The summed E-state index contributed by atoms with van der Waals surface area (Å²) in [5, 5.41) is -0.00150. The lowest BCUT2D eigenvalue weighted by Crippen LogP contribution is -1.98. The van der Waals surface area contributed by atoms with Crippen LogP contribution < -0.4 is 0 Å². The second-order valence-electron chi connectivity index (χ2n) is 2.21. The molecule has 0 aromatic heterocycles. The van der Waals surface area contributed by atoms with Gasteiger partial charge in [0.25, 0.3) is 16.1 Å². The van der Waals surface area contributed by atoms with Gasteiger partial charge in [0.2, 0.25) is 0 Å². The first-order valence-electron chi connectivity index (χ1n) is 3.27. The smallest absolute Gasteiger partial charge is 0.210 e. The lowest BCUT2D eigenvalue weighted by Gasteiger charge is -2.01. The lowest BCUT2D eigenvalue weighted by atomic mass is 10.4. The number of nitrogens with zero attached hydrogens (tertiary/aromatic N) is 1. The van der Waals surface area contributed by atoms with Gasteiger partial charge >= 0.3 is 0 Å². The monoisotopic (exact) mass is 295 g/mol. The molecule has 0 atom stereocenters. The number of carbonyl (C=O) groups excluding carboxylic acids is 1. The predicted molar refractivity (Wildman–Crippen MR) is 54.5 cm³/mol. The van der Waals surface area contributed by atoms with Crippen LogP contribution in [0.15, 0.2) is 32.0 Å². The summed E-state index contributed by atoms with van der Waals surface area (Å²) < 4.78 is 25.6. The van der Waals surface area contributed by atoms with Gasteiger partial charge in [-0.3, -0.25) is 0 Å². The Morgan fingerprint density at radius 2 is 2.07 bits per heavy atom. The summed E-state index contributed by atoms with van der Waals surface area (Å²) in [6.07, 6.45) is 0.968. The summed E-state index contributed by atoms with van der Waals surface area (Å²) in [4.78, 5) is 9.66. The Hall–Kier alpha value is -0.680. The SMILES string of the molecule is O=C=NS(=O)(=O)c1c(Cl)cccc1Br. The minimum absolute atomic E-state index is 0.00150. The number of rotatable bonds is 2. The standard InChI is InChI=1S/C7H3BrClNO3S/c8-5-2-1-3-6(9)7(5)14(12,13)10-4-11/h1-3H. The maximum atomic E-state index is 11.3. The van der Waals surface area contributed by atoms with Gasteiger partial charge in [0.15, 0.2) is 0 Å². The van der Waals surface area contributed by atoms with Crippen molar-refractivity contribution in [3.05, 3.63) is 27.7 Å². The molecule has 7 heteroatoms. The Kier molecular flexibility index (Phi) is 3.44. The maximum Gasteiger partial charge on any atom is 0.295 e. The van der Waals surface area contributed by atoms with E-state index in [-0.39, 0.29) is 14.4 Å². The van der Waals surface area contributed by atoms with Gasteiger partial charge in [-0.05, 0) is 28.1 Å². The van der Waals surface area contributed by atoms with E-state index in [1.165, 1.54) is 12.1 Å². The van der Waals surface area contributed by atoms with Crippen molar-refractivity contribution in [2.24, 2.45) is 4.40 Å². The van der Waals surface area contributed by atoms with E-state index in [0.717, 1.165) is 6.08 Å². The van der Waals surface area contributed by atoms with Crippen LogP contribution in [-0.4, -0.2) is 14.5 Å². The van der Waals surface area contributed by atoms with Crippen molar-refractivity contribution >= 4 is 43.6 Å². The molecule has 0 radical (unpaired) electrons. The summed E-state index contributed by atoms with van der Waals surface area (Å²) in [7, 11) is -4.05. The molecule has 0 unspecified atom stereocenters. The topological polar surface area (TPSA) is 63.6 Å². The molecule has 0 spiro atoms. The summed E-state index contributed by atoms with van der Waals surface area (Å²) in [6.45, 7) is 0. The molecular formula is C7H3BrClNO3S. The van der Waals surface area contributed by atoms with E-state index < -0.39 is 10.0 Å². The zero-order valence-electron chi connectivity index (χ0n) is 6.57. The van der Waals surface area contributed by atoms with Crippen LogP contribution in [0.1, 0.15) is 0 Å². The number of hydrogen-bond acceptors (Lipinski definition) is 3. The third-order valence-electron chi connectivity index (χ3n) is 1.33. The van der Waals surface area contributed by atoms with Crippen LogP contribution in [0.25, 0.3) is 0 Å². The molecule has 0 heterocycles. The molecule has 0 aliphatic heterocycles. The molecule has 0 amide bonds. The fourth-order valence-electron chi connectivity index (χ4n) is 0.824. The Bertz CT molecular complexity index is 487. The molecule has 1 rings (SSSR count). The van der Waals surface area contributed by atoms with Gasteiger partial charge in [-0.25, -0.2) is 4.79 Å². The third kappa shape index (κ3) is 2.22. The van der Waals surface area contributed by atoms with Crippen molar-refractivity contribution in [2.45, 2.75) is 4.90 Å². The number of isocyanates is 1. The molecule has 14 heavy (non-hydrogen) atoms. The molecule has 1 aromatic carbocycles. The molecule has 1 aromatic rings. The minimum atomic E-state index is -4.05. The van der Waals surface area contributed by atoms with Crippen molar-refractivity contribution in [1.29, 1.82) is 0 Å². The van der Waals surface area contributed by atoms with Gasteiger partial charge < -0.3 is 0 Å². The van der Waals surface area contributed by atoms with Crippen LogP contribution >= 0.6 is 27.5 Å². The maximum absolute atomic E-state index is 11.3. The molecule has 4 nitrogen and oxygen atoms in total. The van der Waals surface area contributed by atoms with Gasteiger partial charge in [-0.1, -0.05) is 22.1 Å². The lowest BCUT2D eigenvalue weighted by molar-refractivity contribution is 0.563. The van der Waals surface area contributed by atoms with Crippen molar-refractivity contribution in [1.82, 2.24) is 0 Å². The highest BCUT2D eigenvalue weighted by Gasteiger charge is 2.20. The van der Waals surface area contributed by atoms with Crippen LogP contribution in [0.4, 0.5) is 0 Å². The Morgan fingerprint density at radius 1 is 1.43 bits per heavy atom. The number of halogens is 2. The minimum Gasteiger partial charge on any atom is -0.210 e. The van der Waals surface area contributed by atoms with Gasteiger partial charge in [0.05, 0.1) is 5.02 Å². The zero-order valence-corrected chi connectivity index (χ0v) is 9.73. The van der Waals surface area contributed by atoms with Crippen LogP contribution in [0.2, 0.25) is 5.02 Å². The first-order valence-corrected chi connectivity index (χ1v) is 5.88. The van der Waals surface area contributed by atoms with E-state index >= 15 is 0 Å².